The summed E-state index contributed by atoms with van der Waals surface area (Å²) in [4.78, 5) is 40.0. The number of nitrogens with two attached hydrogens (primary N) is 2. The Morgan fingerprint density at radius 1 is 1.17 bits per heavy atom. The lowest BCUT2D eigenvalue weighted by Gasteiger charge is -2.48. The van der Waals surface area contributed by atoms with Gasteiger partial charge in [-0.25, -0.2) is 15.8 Å². The largest absolute Gasteiger partial charge is 0.382 e. The molecule has 12 nitrogen and oxygen atoms in total. The van der Waals surface area contributed by atoms with Crippen LogP contribution in [0.5, 0.6) is 0 Å². The summed E-state index contributed by atoms with van der Waals surface area (Å²) in [5.41, 5.74) is 9.11. The van der Waals surface area contributed by atoms with Crippen molar-refractivity contribution in [2.45, 2.75) is 58.5 Å². The number of nitrogen functional groups attached to an aromatic ring is 2. The number of carbonyl (C=O) groups excluding carboxylic acids is 2. The Bertz CT molecular complexity index is 1100. The predicted molar refractivity (Wildman–Crippen MR) is 136 cm³/mol. The fraction of sp³-hybridized carbons (Fsp3) is 0.609. The first-order valence-corrected chi connectivity index (χ1v) is 12.7. The summed E-state index contributed by atoms with van der Waals surface area (Å²) in [7, 11) is 0. The minimum Gasteiger partial charge on any atom is -0.382 e. The fourth-order valence-corrected chi connectivity index (χ4v) is 5.58. The minimum atomic E-state index is -0.638. The fourth-order valence-electron chi connectivity index (χ4n) is 5.33. The highest BCUT2D eigenvalue weighted by Gasteiger charge is 2.36. The number of rotatable bonds is 6. The van der Waals surface area contributed by atoms with Crippen LogP contribution in [0.3, 0.4) is 0 Å². The second-order valence-corrected chi connectivity index (χ2v) is 9.75. The van der Waals surface area contributed by atoms with E-state index in [4.69, 9.17) is 27.7 Å². The molecule has 2 fully saturated rings. The zero-order valence-corrected chi connectivity index (χ0v) is 21.7. The summed E-state index contributed by atoms with van der Waals surface area (Å²) in [5.74, 6) is 5.58. The van der Waals surface area contributed by atoms with E-state index in [1.54, 1.807) is 13.8 Å². The Kier molecular flexibility index (Phi) is 7.96. The minimum absolute atomic E-state index is 0.00260. The van der Waals surface area contributed by atoms with E-state index in [0.29, 0.717) is 54.6 Å². The summed E-state index contributed by atoms with van der Waals surface area (Å²) in [6.07, 6.45) is 3.87. The third kappa shape index (κ3) is 5.11. The zero-order valence-electron chi connectivity index (χ0n) is 21.0. The van der Waals surface area contributed by atoms with Crippen LogP contribution >= 0.6 is 11.6 Å². The first-order valence-electron chi connectivity index (χ1n) is 12.3. The number of aryl methyl sites for hydroxylation is 2. The molecule has 36 heavy (non-hydrogen) atoms. The van der Waals surface area contributed by atoms with Crippen LogP contribution in [-0.4, -0.2) is 81.5 Å². The second-order valence-electron chi connectivity index (χ2n) is 9.39. The van der Waals surface area contributed by atoms with Crippen molar-refractivity contribution in [3.8, 4) is 0 Å². The normalized spacial score (nSPS) is 19.5. The highest BCUT2D eigenvalue weighted by molar-refractivity contribution is 6.32. The van der Waals surface area contributed by atoms with E-state index in [2.05, 4.69) is 31.8 Å². The molecule has 0 spiro atoms. The van der Waals surface area contributed by atoms with Crippen LogP contribution in [0.1, 0.15) is 64.9 Å². The van der Waals surface area contributed by atoms with Crippen molar-refractivity contribution < 1.29 is 14.1 Å². The van der Waals surface area contributed by atoms with Crippen LogP contribution in [0.2, 0.25) is 5.15 Å². The number of likely N-dealkylation sites (tertiary alicyclic amines) is 1. The van der Waals surface area contributed by atoms with Crippen LogP contribution in [0.4, 0.5) is 11.6 Å². The van der Waals surface area contributed by atoms with Gasteiger partial charge in [0.05, 0.1) is 5.69 Å². The molecule has 1 atom stereocenters. The Labute approximate surface area is 215 Å². The summed E-state index contributed by atoms with van der Waals surface area (Å²) in [6, 6.07) is 0.685. The Hall–Kier alpha value is -2.96. The van der Waals surface area contributed by atoms with Gasteiger partial charge in [0, 0.05) is 44.8 Å². The summed E-state index contributed by atoms with van der Waals surface area (Å²) >= 11 is 6.40. The molecule has 2 aliphatic heterocycles. The molecule has 0 aromatic carbocycles. The second kappa shape index (κ2) is 11.0. The SMILES string of the molecule is CCC[C@H]1CN(c2nc(N)c(C(=O)NN)nc2Cl)CCN1C1CCN(C(=O)c2c(C)noc2C)CC1. The number of anilines is 2. The maximum absolute atomic E-state index is 13.0. The van der Waals surface area contributed by atoms with Crippen LogP contribution in [0.15, 0.2) is 4.52 Å². The third-order valence-corrected chi connectivity index (χ3v) is 7.38. The Balaban J connectivity index is 1.43. The number of halogens is 1. The quantitative estimate of drug-likeness (QED) is 0.290. The molecule has 2 aromatic heterocycles. The number of piperazine rings is 1. The van der Waals surface area contributed by atoms with Gasteiger partial charge in [-0.2, -0.15) is 0 Å². The zero-order chi connectivity index (χ0) is 26.0. The smallest absolute Gasteiger partial charge is 0.287 e. The first kappa shape index (κ1) is 26.1. The molecule has 0 unspecified atom stereocenters. The van der Waals surface area contributed by atoms with Gasteiger partial charge in [0.1, 0.15) is 11.3 Å². The molecule has 0 aliphatic carbocycles. The van der Waals surface area contributed by atoms with Gasteiger partial charge < -0.3 is 20.1 Å². The van der Waals surface area contributed by atoms with Gasteiger partial charge in [-0.05, 0) is 33.1 Å². The number of hydrazine groups is 1. The molecule has 0 bridgehead atoms. The van der Waals surface area contributed by atoms with Gasteiger partial charge >= 0.3 is 0 Å². The number of piperidine rings is 1. The van der Waals surface area contributed by atoms with Crippen LogP contribution in [0.25, 0.3) is 0 Å². The lowest BCUT2D eigenvalue weighted by Crippen LogP contribution is -2.59. The lowest BCUT2D eigenvalue weighted by atomic mass is 9.96. The molecule has 2 aromatic rings. The summed E-state index contributed by atoms with van der Waals surface area (Å²) in [5, 5.41) is 4.05. The standard InChI is InChI=1S/C23H34ClN9O3/c1-4-5-16-12-32(21-19(24)27-18(20(25)28-21)22(34)29-26)10-11-33(16)15-6-8-31(9-7-15)23(35)17-13(2)30-36-14(17)3/h15-16H,4-12,26H2,1-3H3,(H2,25,28)(H,29,34)/t16-/m0/s1. The van der Waals surface area contributed by atoms with Crippen LogP contribution in [-0.2, 0) is 0 Å². The number of carbonyl (C=O) groups is 2. The van der Waals surface area contributed by atoms with Crippen molar-refractivity contribution in [2.24, 2.45) is 5.84 Å². The Morgan fingerprint density at radius 3 is 2.50 bits per heavy atom. The van der Waals surface area contributed by atoms with E-state index in [0.717, 1.165) is 38.8 Å². The number of hydrogen-bond donors (Lipinski definition) is 3. The number of nitrogens with one attached hydrogen (secondary N) is 1. The Morgan fingerprint density at radius 2 is 1.89 bits per heavy atom. The van der Waals surface area contributed by atoms with E-state index >= 15 is 0 Å². The molecule has 5 N–H and O–H groups in total. The number of hydrogen-bond acceptors (Lipinski definition) is 10. The molecule has 2 aliphatic rings. The van der Waals surface area contributed by atoms with Crippen molar-refractivity contribution in [3.63, 3.8) is 0 Å². The molecule has 0 radical (unpaired) electrons. The van der Waals surface area contributed by atoms with Crippen molar-refractivity contribution in [1.82, 2.24) is 30.4 Å². The van der Waals surface area contributed by atoms with Crippen molar-refractivity contribution in [3.05, 3.63) is 27.9 Å². The highest BCUT2D eigenvalue weighted by Crippen LogP contribution is 2.30. The molecule has 2 saturated heterocycles. The van der Waals surface area contributed by atoms with Crippen molar-refractivity contribution in [1.29, 1.82) is 0 Å². The van der Waals surface area contributed by atoms with Gasteiger partial charge in [-0.3, -0.25) is 19.9 Å². The molecular formula is C23H34ClN9O3. The monoisotopic (exact) mass is 519 g/mol. The first-order chi connectivity index (χ1) is 17.2. The maximum atomic E-state index is 13.0. The van der Waals surface area contributed by atoms with Gasteiger partial charge in [-0.1, -0.05) is 30.1 Å². The number of aromatic nitrogens is 3. The molecule has 13 heteroatoms. The number of amides is 2. The van der Waals surface area contributed by atoms with Gasteiger partial charge in [-0.15, -0.1) is 0 Å². The molecule has 2 amide bonds. The van der Waals surface area contributed by atoms with Crippen LogP contribution in [0, 0.1) is 13.8 Å². The van der Waals surface area contributed by atoms with E-state index in [1.165, 1.54) is 0 Å². The molecular weight excluding hydrogens is 486 g/mol. The van der Waals surface area contributed by atoms with E-state index in [-0.39, 0.29) is 22.6 Å². The van der Waals surface area contributed by atoms with Gasteiger partial charge in [0.2, 0.25) is 0 Å². The third-order valence-electron chi connectivity index (χ3n) is 7.13. The predicted octanol–water partition coefficient (Wildman–Crippen LogP) is 1.52. The summed E-state index contributed by atoms with van der Waals surface area (Å²) < 4.78 is 5.19. The van der Waals surface area contributed by atoms with E-state index < -0.39 is 5.91 Å². The molecule has 4 heterocycles. The molecule has 196 valence electrons. The highest BCUT2D eigenvalue weighted by atomic mass is 35.5. The van der Waals surface area contributed by atoms with Crippen LogP contribution < -0.4 is 21.9 Å². The number of nitrogens with zero attached hydrogens (tertiary/aromatic N) is 6. The average molecular weight is 520 g/mol. The average Bonchev–Trinajstić information content (AvgIpc) is 3.22. The van der Waals surface area contributed by atoms with E-state index in [9.17, 15) is 9.59 Å². The van der Waals surface area contributed by atoms with Crippen molar-refractivity contribution in [2.75, 3.05) is 43.4 Å². The summed E-state index contributed by atoms with van der Waals surface area (Å²) in [6.45, 7) is 9.41. The van der Waals surface area contributed by atoms with Gasteiger partial charge in [0.15, 0.2) is 22.5 Å². The molecule has 4 rings (SSSR count). The van der Waals surface area contributed by atoms with Gasteiger partial charge in [0.25, 0.3) is 11.8 Å². The molecule has 0 saturated carbocycles. The van der Waals surface area contributed by atoms with E-state index in [1.807, 2.05) is 10.3 Å². The topological polar surface area (TPSA) is 160 Å². The maximum Gasteiger partial charge on any atom is 0.287 e. The van der Waals surface area contributed by atoms with Crippen molar-refractivity contribution >= 4 is 35.1 Å². The lowest BCUT2D eigenvalue weighted by molar-refractivity contribution is 0.0479.